The van der Waals surface area contributed by atoms with Crippen LogP contribution in [0.2, 0.25) is 0 Å². The fourth-order valence-corrected chi connectivity index (χ4v) is 2.68. The van der Waals surface area contributed by atoms with Crippen molar-refractivity contribution < 1.29 is 14.0 Å². The number of aromatic nitrogens is 1. The molecular formula is C20H17Br2Cl3N2O3. The van der Waals surface area contributed by atoms with Crippen molar-refractivity contribution in [2.24, 2.45) is 5.73 Å². The number of hydrogen-bond acceptors (Lipinski definition) is 4. The highest BCUT2D eigenvalue weighted by Crippen LogP contribution is 2.21. The largest absolute Gasteiger partial charge is 0.444 e. The smallest absolute Gasteiger partial charge is 0.248 e. The van der Waals surface area contributed by atoms with E-state index in [0.29, 0.717) is 17.3 Å². The Morgan fingerprint density at radius 3 is 1.77 bits per heavy atom. The van der Waals surface area contributed by atoms with Gasteiger partial charge >= 0.3 is 0 Å². The van der Waals surface area contributed by atoms with E-state index in [1.54, 1.807) is 30.5 Å². The van der Waals surface area contributed by atoms with Crippen molar-refractivity contribution in [3.8, 4) is 11.5 Å². The maximum Gasteiger partial charge on any atom is 0.248 e. The zero-order valence-electron chi connectivity index (χ0n) is 15.5. The van der Waals surface area contributed by atoms with Gasteiger partial charge in [0.25, 0.3) is 0 Å². The van der Waals surface area contributed by atoms with Gasteiger partial charge in [-0.15, -0.1) is 34.8 Å². The SMILES string of the molecule is ClCc1coc(-c2ccc(Br)cc2)n1.NC(=O)c1ccc(Br)cc1.O=C(CCl)CCl. The number of nitrogens with zero attached hydrogens (tertiary/aromatic N) is 1. The average Bonchev–Trinajstić information content (AvgIpc) is 3.24. The lowest BCUT2D eigenvalue weighted by Gasteiger charge is -1.94. The van der Waals surface area contributed by atoms with Crippen LogP contribution in [0.25, 0.3) is 11.5 Å². The van der Waals surface area contributed by atoms with Crippen molar-refractivity contribution in [1.29, 1.82) is 0 Å². The maximum absolute atomic E-state index is 10.5. The number of primary amides is 1. The molecule has 30 heavy (non-hydrogen) atoms. The van der Waals surface area contributed by atoms with Gasteiger partial charge in [0.1, 0.15) is 6.26 Å². The molecule has 0 aliphatic rings. The van der Waals surface area contributed by atoms with Crippen molar-refractivity contribution in [3.05, 3.63) is 75.0 Å². The minimum atomic E-state index is -0.396. The van der Waals surface area contributed by atoms with E-state index in [2.05, 4.69) is 36.8 Å². The molecule has 0 saturated carbocycles. The normalized spacial score (nSPS) is 9.63. The number of carbonyl (C=O) groups excluding carboxylic acids is 2. The number of carbonyl (C=O) groups is 2. The van der Waals surface area contributed by atoms with Crippen LogP contribution in [-0.4, -0.2) is 28.4 Å². The van der Waals surface area contributed by atoms with Crippen molar-refractivity contribution in [1.82, 2.24) is 4.98 Å². The van der Waals surface area contributed by atoms with Crippen LogP contribution in [0.5, 0.6) is 0 Å². The Labute approximate surface area is 206 Å². The van der Waals surface area contributed by atoms with Gasteiger partial charge in [-0.25, -0.2) is 4.98 Å². The predicted octanol–water partition coefficient (Wildman–Crippen LogP) is 6.42. The molecule has 2 N–H and O–H groups in total. The predicted molar refractivity (Wildman–Crippen MR) is 128 cm³/mol. The molecule has 1 amide bonds. The van der Waals surface area contributed by atoms with E-state index >= 15 is 0 Å². The Morgan fingerprint density at radius 1 is 0.900 bits per heavy atom. The van der Waals surface area contributed by atoms with E-state index in [4.69, 9.17) is 45.0 Å². The summed E-state index contributed by atoms with van der Waals surface area (Å²) in [5, 5.41) is 0. The minimum Gasteiger partial charge on any atom is -0.444 e. The number of ketones is 1. The lowest BCUT2D eigenvalue weighted by Crippen LogP contribution is -2.10. The van der Waals surface area contributed by atoms with Gasteiger partial charge < -0.3 is 10.2 Å². The number of halogens is 5. The highest BCUT2D eigenvalue weighted by atomic mass is 79.9. The second kappa shape index (κ2) is 14.6. The third-order valence-corrected chi connectivity index (χ3v) is 5.13. The summed E-state index contributed by atoms with van der Waals surface area (Å²) in [5.74, 6) is 0.520. The fourth-order valence-electron chi connectivity index (χ4n) is 1.74. The molecule has 0 unspecified atom stereocenters. The zero-order chi connectivity index (χ0) is 22.5. The van der Waals surface area contributed by atoms with Crippen LogP contribution in [0.3, 0.4) is 0 Å². The van der Waals surface area contributed by atoms with E-state index in [1.165, 1.54) is 0 Å². The second-order valence-electron chi connectivity index (χ2n) is 5.46. The number of amides is 1. The van der Waals surface area contributed by atoms with Crippen LogP contribution < -0.4 is 5.73 Å². The Hall–Kier alpha value is -1.38. The van der Waals surface area contributed by atoms with E-state index in [1.807, 2.05) is 24.3 Å². The van der Waals surface area contributed by atoms with Gasteiger partial charge in [0.2, 0.25) is 11.8 Å². The Bertz CT molecular complexity index is 927. The molecule has 0 atom stereocenters. The first-order valence-corrected chi connectivity index (χ1v) is 11.4. The Kier molecular flexibility index (Phi) is 13.0. The van der Waals surface area contributed by atoms with Gasteiger partial charge in [0.15, 0.2) is 5.78 Å². The van der Waals surface area contributed by atoms with Crippen LogP contribution in [-0.2, 0) is 10.7 Å². The molecule has 0 aliphatic heterocycles. The molecular weight excluding hydrogens is 582 g/mol. The molecule has 5 nitrogen and oxygen atoms in total. The van der Waals surface area contributed by atoms with Crippen molar-refractivity contribution >= 4 is 78.4 Å². The molecule has 0 saturated heterocycles. The highest BCUT2D eigenvalue weighted by Gasteiger charge is 2.05. The van der Waals surface area contributed by atoms with Crippen LogP contribution in [0.1, 0.15) is 16.1 Å². The van der Waals surface area contributed by atoms with Gasteiger partial charge in [-0.2, -0.15) is 0 Å². The lowest BCUT2D eigenvalue weighted by molar-refractivity contribution is -0.114. The topological polar surface area (TPSA) is 86.2 Å². The number of hydrogen-bond donors (Lipinski definition) is 1. The molecule has 0 spiro atoms. The van der Waals surface area contributed by atoms with Gasteiger partial charge in [0, 0.05) is 20.1 Å². The number of benzene rings is 2. The number of rotatable bonds is 5. The molecule has 3 aromatic rings. The van der Waals surface area contributed by atoms with Crippen molar-refractivity contribution in [2.75, 3.05) is 11.8 Å². The molecule has 0 radical (unpaired) electrons. The van der Waals surface area contributed by atoms with Gasteiger partial charge in [-0.05, 0) is 48.5 Å². The monoisotopic (exact) mass is 596 g/mol. The number of oxazole rings is 1. The van der Waals surface area contributed by atoms with E-state index in [-0.39, 0.29) is 17.5 Å². The third-order valence-electron chi connectivity index (χ3n) is 3.21. The molecule has 0 bridgehead atoms. The Balaban J connectivity index is 0.000000247. The summed E-state index contributed by atoms with van der Waals surface area (Å²) in [6.45, 7) is 0. The minimum absolute atomic E-state index is 0.0312. The van der Waals surface area contributed by atoms with Gasteiger partial charge in [-0.1, -0.05) is 31.9 Å². The quantitative estimate of drug-likeness (QED) is 0.343. The summed E-state index contributed by atoms with van der Waals surface area (Å²) in [7, 11) is 0. The van der Waals surface area contributed by atoms with Crippen molar-refractivity contribution in [3.63, 3.8) is 0 Å². The molecule has 0 aliphatic carbocycles. The molecule has 10 heteroatoms. The molecule has 0 fully saturated rings. The third kappa shape index (κ3) is 10.1. The first-order valence-electron chi connectivity index (χ1n) is 8.26. The van der Waals surface area contributed by atoms with Crippen LogP contribution >= 0.6 is 66.7 Å². The highest BCUT2D eigenvalue weighted by molar-refractivity contribution is 9.10. The molecule has 1 heterocycles. The van der Waals surface area contributed by atoms with E-state index < -0.39 is 5.91 Å². The maximum atomic E-state index is 10.5. The zero-order valence-corrected chi connectivity index (χ0v) is 20.9. The summed E-state index contributed by atoms with van der Waals surface area (Å²) in [6.07, 6.45) is 1.57. The molecule has 2 aromatic carbocycles. The number of alkyl halides is 3. The molecule has 160 valence electrons. The summed E-state index contributed by atoms with van der Waals surface area (Å²) in [6, 6.07) is 14.7. The summed E-state index contributed by atoms with van der Waals surface area (Å²) in [4.78, 5) is 24.7. The molecule has 1 aromatic heterocycles. The summed E-state index contributed by atoms with van der Waals surface area (Å²) >= 11 is 22.3. The van der Waals surface area contributed by atoms with Crippen LogP contribution in [0, 0.1) is 0 Å². The van der Waals surface area contributed by atoms with Crippen molar-refractivity contribution in [2.45, 2.75) is 5.88 Å². The van der Waals surface area contributed by atoms with Crippen LogP contribution in [0.4, 0.5) is 0 Å². The lowest BCUT2D eigenvalue weighted by atomic mass is 10.2. The second-order valence-corrected chi connectivity index (χ2v) is 8.09. The van der Waals surface area contributed by atoms with E-state index in [9.17, 15) is 9.59 Å². The summed E-state index contributed by atoms with van der Waals surface area (Å²) in [5.41, 5.74) is 7.24. The first kappa shape index (κ1) is 26.7. The fraction of sp³-hybridized carbons (Fsp3) is 0.150. The van der Waals surface area contributed by atoms with Gasteiger partial charge in [-0.3, -0.25) is 9.59 Å². The van der Waals surface area contributed by atoms with Crippen LogP contribution in [0.15, 0.2) is 68.2 Å². The first-order chi connectivity index (χ1) is 14.3. The summed E-state index contributed by atoms with van der Waals surface area (Å²) < 4.78 is 7.25. The molecule has 3 rings (SSSR count). The van der Waals surface area contributed by atoms with E-state index in [0.717, 1.165) is 20.2 Å². The standard InChI is InChI=1S/C10H7BrClNO.C7H6BrNO.C3H4Cl2O/c11-8-3-1-7(2-4-8)10-13-9(5-12)6-14-10;8-6-3-1-5(2-4-6)7(9)10;4-1-3(6)2-5/h1-4,6H,5H2;1-4H,(H2,9,10);1-2H2. The Morgan fingerprint density at radius 2 is 1.40 bits per heavy atom. The number of nitrogens with two attached hydrogens (primary N) is 1. The van der Waals surface area contributed by atoms with Gasteiger partial charge in [0.05, 0.1) is 23.3 Å². The average molecular weight is 600 g/mol. The number of Topliss-reactive ketones (excluding diaryl/α,β-unsaturated/α-hetero) is 1.